The van der Waals surface area contributed by atoms with Gasteiger partial charge in [0.05, 0.1) is 6.04 Å². The van der Waals surface area contributed by atoms with Crippen LogP contribution in [0.1, 0.15) is 138 Å². The Bertz CT molecular complexity index is 2160. The highest BCUT2D eigenvalue weighted by molar-refractivity contribution is 5.99. The van der Waals surface area contributed by atoms with Crippen LogP contribution in [0, 0.1) is 17.8 Å². The molecule has 0 bridgehead atoms. The van der Waals surface area contributed by atoms with E-state index in [1.165, 1.54) is 16.7 Å². The quantitative estimate of drug-likeness (QED) is 0.0280. The van der Waals surface area contributed by atoms with Crippen molar-refractivity contribution < 1.29 is 72.5 Å². The number of likely N-dealkylation sites (tertiary alicyclic amines) is 2. The lowest BCUT2D eigenvalue weighted by Gasteiger charge is -2.33. The van der Waals surface area contributed by atoms with E-state index in [1.54, 1.807) is 41.5 Å². The number of carbonyl (C=O) groups excluding carboxylic acids is 11. The second kappa shape index (κ2) is 32.7. The summed E-state index contributed by atoms with van der Waals surface area (Å²) in [6.45, 7) is 12.1. The van der Waals surface area contributed by atoms with E-state index in [9.17, 15) is 72.5 Å². The van der Waals surface area contributed by atoms with Crippen LogP contribution in [0.15, 0.2) is 0 Å². The molecule has 28 nitrogen and oxygen atoms in total. The Labute approximate surface area is 454 Å². The van der Waals surface area contributed by atoms with E-state index in [0.29, 0.717) is 25.7 Å². The Hall–Kier alpha value is -6.97. The number of nitrogens with zero attached hydrogens (tertiary/aromatic N) is 2. The first-order chi connectivity index (χ1) is 36.5. The van der Waals surface area contributed by atoms with Gasteiger partial charge in [0.2, 0.25) is 65.0 Å². The van der Waals surface area contributed by atoms with Gasteiger partial charge < -0.3 is 80.2 Å². The molecule has 0 spiro atoms. The van der Waals surface area contributed by atoms with Gasteiger partial charge in [0, 0.05) is 32.4 Å². The van der Waals surface area contributed by atoms with Crippen LogP contribution in [0.4, 0.5) is 0 Å². The number of aliphatic carboxylic acids is 2. The van der Waals surface area contributed by atoms with Gasteiger partial charge in [-0.1, -0.05) is 41.5 Å². The lowest BCUT2D eigenvalue weighted by molar-refractivity contribution is -0.145. The van der Waals surface area contributed by atoms with Crippen molar-refractivity contribution in [1.29, 1.82) is 0 Å². The molecule has 28 heteroatoms. The zero-order valence-electron chi connectivity index (χ0n) is 45.9. The smallest absolute Gasteiger partial charge is 0.326 e. The minimum absolute atomic E-state index is 0.0106. The van der Waals surface area contributed by atoms with Gasteiger partial charge in [-0.25, -0.2) is 4.79 Å². The number of amides is 11. The molecule has 2 rings (SSSR count). The first-order valence-corrected chi connectivity index (χ1v) is 26.7. The van der Waals surface area contributed by atoms with Gasteiger partial charge in [0.15, 0.2) is 0 Å². The van der Waals surface area contributed by atoms with E-state index < -0.39 is 162 Å². The molecular formula is C50H85N13O15. The molecule has 0 saturated carbocycles. The van der Waals surface area contributed by atoms with Crippen molar-refractivity contribution in [2.75, 3.05) is 19.6 Å². The highest BCUT2D eigenvalue weighted by atomic mass is 16.4. The Morgan fingerprint density at radius 1 is 0.500 bits per heavy atom. The number of hydrogen-bond donors (Lipinski definition) is 13. The van der Waals surface area contributed by atoms with Crippen LogP contribution in [-0.2, 0) is 62.3 Å². The normalized spacial score (nSPS) is 18.3. The zero-order chi connectivity index (χ0) is 59.1. The van der Waals surface area contributed by atoms with Crippen LogP contribution in [0.25, 0.3) is 0 Å². The average Bonchev–Trinajstić information content (AvgIpc) is 4.06. The molecule has 0 aliphatic carbocycles. The molecule has 2 saturated heterocycles. The molecule has 2 fully saturated rings. The minimum Gasteiger partial charge on any atom is -0.481 e. The summed E-state index contributed by atoms with van der Waals surface area (Å²) in [5, 5.41) is 37.0. The lowest BCUT2D eigenvalue weighted by atomic mass is 9.98. The van der Waals surface area contributed by atoms with Gasteiger partial charge in [0.25, 0.3) is 0 Å². The Morgan fingerprint density at radius 3 is 1.42 bits per heavy atom. The Morgan fingerprint density at radius 2 is 0.949 bits per heavy atom. The monoisotopic (exact) mass is 1110 g/mol. The predicted molar refractivity (Wildman–Crippen MR) is 280 cm³/mol. The molecule has 0 aromatic rings. The lowest BCUT2D eigenvalue weighted by Crippen LogP contribution is -2.61. The molecule has 0 aromatic carbocycles. The molecule has 0 unspecified atom stereocenters. The zero-order valence-corrected chi connectivity index (χ0v) is 45.9. The van der Waals surface area contributed by atoms with E-state index in [-0.39, 0.29) is 76.9 Å². The van der Waals surface area contributed by atoms with Crippen molar-refractivity contribution in [1.82, 2.24) is 47.0 Å². The van der Waals surface area contributed by atoms with Crippen LogP contribution in [0.5, 0.6) is 0 Å². The van der Waals surface area contributed by atoms with Crippen molar-refractivity contribution in [3.8, 4) is 0 Å². The van der Waals surface area contributed by atoms with Crippen molar-refractivity contribution in [3.63, 3.8) is 0 Å². The molecule has 17 N–H and O–H groups in total. The standard InChI is InChI=1S/C50H85N13O15/c1-25(2)24-33(44(71)60-39(26(3)4)47(74)56-29(12-8-9-21-51)42(69)55-30(15-18-36(53)64)43(70)58-32(50(77)78)16-19-37(54)65)59-45(72)34-13-11-23-63(34)49(76)40(27(5)6)61-46(73)35-14-10-22-62(35)48(75)31(17-20-38(66)67)57-41(68)28(7)52/h25-35,39-40H,8-24,51-52H2,1-7H3,(H2,53,64)(H2,54,65)(H,55,69)(H,56,74)(H,57,68)(H,58,70)(H,59,72)(H,60,71)(H,61,73)(H,66,67)(H,77,78)/t28-,29-,30-,31-,32-,33-,34-,35-,39-,40-/m0/s1. The molecule has 0 radical (unpaired) electrons. The third-order valence-corrected chi connectivity index (χ3v) is 13.4. The van der Waals surface area contributed by atoms with Gasteiger partial charge in [-0.3, -0.25) is 57.5 Å². The molecule has 2 aliphatic rings. The molecular weight excluding hydrogens is 1020 g/mol. The minimum atomic E-state index is -1.59. The van der Waals surface area contributed by atoms with Crippen molar-refractivity contribution >= 4 is 76.9 Å². The van der Waals surface area contributed by atoms with Gasteiger partial charge in [-0.2, -0.15) is 0 Å². The largest absolute Gasteiger partial charge is 0.481 e. The van der Waals surface area contributed by atoms with Crippen molar-refractivity contribution in [2.45, 2.75) is 199 Å². The van der Waals surface area contributed by atoms with E-state index >= 15 is 0 Å². The number of nitrogens with two attached hydrogens (primary N) is 4. The van der Waals surface area contributed by atoms with Crippen molar-refractivity contribution in [2.24, 2.45) is 40.7 Å². The SMILES string of the molecule is CC(C)C[C@H](NC(=O)[C@@H]1CCCN1C(=O)[C@@H](NC(=O)[C@@H]1CCCN1C(=O)[C@H](CCC(=O)O)NC(=O)[C@H](C)N)C(C)C)C(=O)N[C@H](C(=O)N[C@@H](CCCCN)C(=O)N[C@@H](CCC(N)=O)C(=O)N[C@@H](CCC(N)=O)C(=O)O)C(C)C. The number of carboxylic acid groups (broad SMARTS) is 2. The molecule has 440 valence electrons. The maximum absolute atomic E-state index is 14.4. The fraction of sp³-hybridized carbons (Fsp3) is 0.740. The highest BCUT2D eigenvalue weighted by Crippen LogP contribution is 2.24. The number of rotatable bonds is 34. The Kier molecular flexibility index (Phi) is 28.1. The van der Waals surface area contributed by atoms with E-state index in [1.807, 2.05) is 0 Å². The first kappa shape index (κ1) is 67.1. The van der Waals surface area contributed by atoms with Crippen LogP contribution in [-0.4, -0.2) is 177 Å². The fourth-order valence-corrected chi connectivity index (χ4v) is 9.00. The summed E-state index contributed by atoms with van der Waals surface area (Å²) in [5.41, 5.74) is 21.9. The highest BCUT2D eigenvalue weighted by Gasteiger charge is 2.44. The molecule has 2 aliphatic heterocycles. The second-order valence-electron chi connectivity index (χ2n) is 21.1. The average molecular weight is 1110 g/mol. The van der Waals surface area contributed by atoms with Crippen LogP contribution >= 0.6 is 0 Å². The topological polar surface area (TPSA) is 457 Å². The second-order valence-corrected chi connectivity index (χ2v) is 21.1. The number of nitrogens with one attached hydrogen (secondary N) is 7. The van der Waals surface area contributed by atoms with Crippen LogP contribution in [0.2, 0.25) is 0 Å². The van der Waals surface area contributed by atoms with Gasteiger partial charge in [-0.15, -0.1) is 0 Å². The maximum Gasteiger partial charge on any atom is 0.326 e. The summed E-state index contributed by atoms with van der Waals surface area (Å²) in [4.78, 5) is 173. The van der Waals surface area contributed by atoms with Crippen LogP contribution in [0.3, 0.4) is 0 Å². The van der Waals surface area contributed by atoms with Crippen LogP contribution < -0.4 is 60.2 Å². The third kappa shape index (κ3) is 21.8. The molecule has 2 heterocycles. The fourth-order valence-electron chi connectivity index (χ4n) is 9.00. The van der Waals surface area contributed by atoms with Crippen molar-refractivity contribution in [3.05, 3.63) is 0 Å². The van der Waals surface area contributed by atoms with E-state index in [0.717, 1.165) is 0 Å². The summed E-state index contributed by atoms with van der Waals surface area (Å²) in [5.74, 6) is -12.5. The maximum atomic E-state index is 14.4. The number of carbonyl (C=O) groups is 13. The summed E-state index contributed by atoms with van der Waals surface area (Å²) >= 11 is 0. The molecule has 10 atom stereocenters. The van der Waals surface area contributed by atoms with Gasteiger partial charge >= 0.3 is 11.9 Å². The number of primary amides is 2. The van der Waals surface area contributed by atoms with E-state index in [4.69, 9.17) is 22.9 Å². The summed E-state index contributed by atoms with van der Waals surface area (Å²) in [6, 6.07) is -12.6. The molecule has 0 aromatic heterocycles. The third-order valence-electron chi connectivity index (χ3n) is 13.4. The van der Waals surface area contributed by atoms with Gasteiger partial charge in [-0.05, 0) is 102 Å². The number of hydrogen-bond acceptors (Lipinski definition) is 15. The number of unbranched alkanes of at least 4 members (excludes halogenated alkanes) is 1. The number of carboxylic acids is 2. The summed E-state index contributed by atoms with van der Waals surface area (Å²) < 4.78 is 0. The molecule has 78 heavy (non-hydrogen) atoms. The van der Waals surface area contributed by atoms with Gasteiger partial charge in [0.1, 0.15) is 54.4 Å². The van der Waals surface area contributed by atoms with E-state index in [2.05, 4.69) is 37.2 Å². The predicted octanol–water partition coefficient (Wildman–Crippen LogP) is -3.32. The molecule has 11 amide bonds. The Balaban J connectivity index is 2.33. The summed E-state index contributed by atoms with van der Waals surface area (Å²) in [7, 11) is 0. The summed E-state index contributed by atoms with van der Waals surface area (Å²) in [6.07, 6.45) is -0.233. The first-order valence-electron chi connectivity index (χ1n) is 26.7.